The summed E-state index contributed by atoms with van der Waals surface area (Å²) in [7, 11) is 0. The molecule has 0 amide bonds. The molecule has 0 bridgehead atoms. The number of benzene rings is 2. The van der Waals surface area contributed by atoms with E-state index in [1.807, 2.05) is 6.92 Å². The number of fused-ring (bicyclic) bond motifs is 2. The predicted molar refractivity (Wildman–Crippen MR) is 122 cm³/mol. The Balaban J connectivity index is 1.29. The average Bonchev–Trinajstić information content (AvgIpc) is 3.09. The molecule has 2 heterocycles. The minimum atomic E-state index is 0.926. The van der Waals surface area contributed by atoms with Crippen molar-refractivity contribution in [2.45, 2.75) is 31.9 Å². The van der Waals surface area contributed by atoms with Gasteiger partial charge in [-0.2, -0.15) is 0 Å². The molecule has 2 nitrogen and oxygen atoms in total. The third kappa shape index (κ3) is 4.40. The number of nitrogens with zero attached hydrogens (tertiary/aromatic N) is 1. The number of nitrogens with one attached hydrogen (secondary N) is 1. The summed E-state index contributed by atoms with van der Waals surface area (Å²) >= 11 is 7.38. The number of thioether (sulfide) groups is 1. The summed E-state index contributed by atoms with van der Waals surface area (Å²) in [6, 6.07) is 19.2. The van der Waals surface area contributed by atoms with Crippen molar-refractivity contribution in [3.63, 3.8) is 0 Å². The lowest BCUT2D eigenvalue weighted by Gasteiger charge is -2.06. The second-order valence-electron chi connectivity index (χ2n) is 6.85. The molecule has 0 radical (unpaired) electrons. The largest absolute Gasteiger partial charge is 0.361 e. The summed E-state index contributed by atoms with van der Waals surface area (Å²) in [5.41, 5.74) is 6.02. The summed E-state index contributed by atoms with van der Waals surface area (Å²) < 4.78 is 1.09. The minimum absolute atomic E-state index is 0.926. The number of thiocarbonyl (C=S) groups is 1. The molecule has 0 saturated carbocycles. The van der Waals surface area contributed by atoms with Crippen molar-refractivity contribution < 1.29 is 0 Å². The Labute approximate surface area is 169 Å². The molecular weight excluding hydrogens is 368 g/mol. The predicted octanol–water partition coefficient (Wildman–Crippen LogP) is 6.61. The maximum absolute atomic E-state index is 5.60. The minimum Gasteiger partial charge on any atom is -0.361 e. The van der Waals surface area contributed by atoms with E-state index >= 15 is 0 Å². The number of aryl methyl sites for hydroxylation is 2. The number of pyridine rings is 1. The molecule has 0 aliphatic carbocycles. The van der Waals surface area contributed by atoms with E-state index in [0.29, 0.717) is 0 Å². The van der Waals surface area contributed by atoms with E-state index in [4.69, 9.17) is 12.2 Å². The molecule has 0 saturated heterocycles. The van der Waals surface area contributed by atoms with Crippen molar-refractivity contribution in [2.24, 2.45) is 0 Å². The van der Waals surface area contributed by atoms with E-state index in [2.05, 4.69) is 70.8 Å². The highest BCUT2D eigenvalue weighted by molar-refractivity contribution is 8.22. The Kier molecular flexibility index (Phi) is 5.55. The van der Waals surface area contributed by atoms with Crippen LogP contribution in [-0.2, 0) is 12.2 Å². The molecule has 4 aromatic rings. The zero-order chi connectivity index (χ0) is 18.6. The highest BCUT2D eigenvalue weighted by atomic mass is 32.2. The van der Waals surface area contributed by atoms with Gasteiger partial charge in [-0.25, -0.2) is 0 Å². The summed E-state index contributed by atoms with van der Waals surface area (Å²) in [5, 5.41) is 2.53. The molecule has 27 heavy (non-hydrogen) atoms. The first-order valence-corrected chi connectivity index (χ1v) is 10.7. The third-order valence-electron chi connectivity index (χ3n) is 4.79. The standard InChI is InChI=1S/C23H22N2S2/c1-16-9-11-18-13-17(10-12-21(18)25-16)15-27-23(26)8-4-5-19-14-24-22-7-3-2-6-20(19)22/h2-3,6-7,9-14,24H,4-5,8,15H2,1H3. The fraction of sp³-hybridized carbons (Fsp3) is 0.217. The first-order chi connectivity index (χ1) is 13.2. The SMILES string of the molecule is Cc1ccc2cc(CSC(=S)CCCc3c[nH]c4ccccc34)ccc2n1. The van der Waals surface area contributed by atoms with Crippen molar-refractivity contribution in [3.8, 4) is 0 Å². The van der Waals surface area contributed by atoms with Gasteiger partial charge in [-0.05, 0) is 61.6 Å². The zero-order valence-electron chi connectivity index (χ0n) is 15.4. The number of hydrogen-bond acceptors (Lipinski definition) is 3. The smallest absolute Gasteiger partial charge is 0.0705 e. The Hall–Kier alpha value is -2.17. The number of H-pyrrole nitrogens is 1. The first-order valence-electron chi connectivity index (χ1n) is 9.26. The highest BCUT2D eigenvalue weighted by Gasteiger charge is 2.05. The first kappa shape index (κ1) is 18.2. The molecule has 136 valence electrons. The number of aromatic nitrogens is 2. The Morgan fingerprint density at radius 3 is 2.93 bits per heavy atom. The molecule has 0 spiro atoms. The van der Waals surface area contributed by atoms with Gasteiger partial charge in [0, 0.05) is 38.1 Å². The second-order valence-corrected chi connectivity index (χ2v) is 8.67. The van der Waals surface area contributed by atoms with E-state index in [-0.39, 0.29) is 0 Å². The van der Waals surface area contributed by atoms with E-state index < -0.39 is 0 Å². The normalized spacial score (nSPS) is 11.3. The van der Waals surface area contributed by atoms with Crippen LogP contribution in [0.15, 0.2) is 60.8 Å². The topological polar surface area (TPSA) is 28.7 Å². The van der Waals surface area contributed by atoms with Gasteiger partial charge in [-0.15, -0.1) is 11.8 Å². The molecule has 2 aromatic carbocycles. The fourth-order valence-corrected chi connectivity index (χ4v) is 4.48. The summed E-state index contributed by atoms with van der Waals surface area (Å²) in [5.74, 6) is 0.926. The van der Waals surface area contributed by atoms with Crippen LogP contribution >= 0.6 is 24.0 Å². The van der Waals surface area contributed by atoms with Gasteiger partial charge in [0.25, 0.3) is 0 Å². The number of aromatic amines is 1. The van der Waals surface area contributed by atoms with Gasteiger partial charge in [0.05, 0.1) is 5.52 Å². The number of hydrogen-bond donors (Lipinski definition) is 1. The number of para-hydroxylation sites is 1. The lowest BCUT2D eigenvalue weighted by atomic mass is 10.1. The lowest BCUT2D eigenvalue weighted by molar-refractivity contribution is 0.882. The second kappa shape index (κ2) is 8.24. The molecular formula is C23H22N2S2. The van der Waals surface area contributed by atoms with Crippen LogP contribution in [0.2, 0.25) is 0 Å². The molecule has 0 unspecified atom stereocenters. The van der Waals surface area contributed by atoms with Gasteiger partial charge in [0.15, 0.2) is 0 Å². The monoisotopic (exact) mass is 390 g/mol. The van der Waals surface area contributed by atoms with E-state index in [9.17, 15) is 0 Å². The van der Waals surface area contributed by atoms with Gasteiger partial charge < -0.3 is 4.98 Å². The Morgan fingerprint density at radius 1 is 1.11 bits per heavy atom. The third-order valence-corrected chi connectivity index (χ3v) is 6.36. The van der Waals surface area contributed by atoms with Crippen LogP contribution in [0.3, 0.4) is 0 Å². The van der Waals surface area contributed by atoms with E-state index in [1.54, 1.807) is 11.8 Å². The molecule has 0 fully saturated rings. The van der Waals surface area contributed by atoms with Crippen LogP contribution in [-0.4, -0.2) is 14.2 Å². The summed E-state index contributed by atoms with van der Waals surface area (Å²) in [6.45, 7) is 2.03. The number of rotatable bonds is 6. The maximum Gasteiger partial charge on any atom is 0.0705 e. The van der Waals surface area contributed by atoms with Crippen molar-refractivity contribution in [3.05, 3.63) is 77.6 Å². The lowest BCUT2D eigenvalue weighted by Crippen LogP contribution is -1.93. The summed E-state index contributed by atoms with van der Waals surface area (Å²) in [6.07, 6.45) is 5.26. The molecule has 4 rings (SSSR count). The van der Waals surface area contributed by atoms with Crippen molar-refractivity contribution in [1.82, 2.24) is 9.97 Å². The van der Waals surface area contributed by atoms with Crippen molar-refractivity contribution in [1.29, 1.82) is 0 Å². The molecule has 4 heteroatoms. The van der Waals surface area contributed by atoms with Crippen LogP contribution in [0.4, 0.5) is 0 Å². The molecule has 0 aliphatic rings. The van der Waals surface area contributed by atoms with Crippen molar-refractivity contribution >= 4 is 50.0 Å². The van der Waals surface area contributed by atoms with Gasteiger partial charge in [-0.1, -0.05) is 42.5 Å². The van der Waals surface area contributed by atoms with Crippen LogP contribution in [0.5, 0.6) is 0 Å². The van der Waals surface area contributed by atoms with Crippen molar-refractivity contribution in [2.75, 3.05) is 0 Å². The highest BCUT2D eigenvalue weighted by Crippen LogP contribution is 2.23. The van der Waals surface area contributed by atoms with Gasteiger partial charge in [-0.3, -0.25) is 4.98 Å². The fourth-order valence-electron chi connectivity index (χ4n) is 3.36. The van der Waals surface area contributed by atoms with Crippen LogP contribution in [0.1, 0.15) is 29.7 Å². The quantitative estimate of drug-likeness (QED) is 0.376. The molecule has 2 aromatic heterocycles. The van der Waals surface area contributed by atoms with Crippen LogP contribution in [0.25, 0.3) is 21.8 Å². The maximum atomic E-state index is 5.60. The van der Waals surface area contributed by atoms with Gasteiger partial charge >= 0.3 is 0 Å². The molecule has 0 atom stereocenters. The Bertz CT molecular complexity index is 1100. The van der Waals surface area contributed by atoms with Gasteiger partial charge in [0.1, 0.15) is 0 Å². The molecule has 1 N–H and O–H groups in total. The molecule has 0 aliphatic heterocycles. The Morgan fingerprint density at radius 2 is 2.00 bits per heavy atom. The van der Waals surface area contributed by atoms with E-state index in [1.165, 1.54) is 27.4 Å². The van der Waals surface area contributed by atoms with Crippen LogP contribution < -0.4 is 0 Å². The zero-order valence-corrected chi connectivity index (χ0v) is 17.0. The van der Waals surface area contributed by atoms with E-state index in [0.717, 1.165) is 40.4 Å². The van der Waals surface area contributed by atoms with Gasteiger partial charge in [0.2, 0.25) is 0 Å². The average molecular weight is 391 g/mol. The van der Waals surface area contributed by atoms with Crippen LogP contribution in [0, 0.1) is 6.92 Å². The summed E-state index contributed by atoms with van der Waals surface area (Å²) in [4.78, 5) is 7.91.